The molecule has 1 unspecified atom stereocenters. The summed E-state index contributed by atoms with van der Waals surface area (Å²) < 4.78 is 12.9. The van der Waals surface area contributed by atoms with Crippen LogP contribution in [0, 0.1) is 11.8 Å². The first-order chi connectivity index (χ1) is 29.4. The molecule has 1 saturated carbocycles. The number of fused-ring (bicyclic) bond motifs is 4. The molecule has 61 heavy (non-hydrogen) atoms. The van der Waals surface area contributed by atoms with Gasteiger partial charge in [-0.3, -0.25) is 9.78 Å². The molecule has 1 fully saturated rings. The van der Waals surface area contributed by atoms with Crippen molar-refractivity contribution in [2.45, 2.75) is 107 Å². The minimum Gasteiger partial charge on any atom is -0.494 e. The molecular formula is C49H55ClN4O7. The lowest BCUT2D eigenvalue weighted by atomic mass is 9.59. The van der Waals surface area contributed by atoms with E-state index in [0.29, 0.717) is 66.7 Å². The number of halogens is 1. The summed E-state index contributed by atoms with van der Waals surface area (Å²) in [7, 11) is 0. The summed E-state index contributed by atoms with van der Waals surface area (Å²) >= 11 is 6.31. The fraction of sp³-hybridized carbons (Fsp3) is 0.429. The molecule has 0 radical (unpaired) electrons. The van der Waals surface area contributed by atoms with Gasteiger partial charge in [-0.25, -0.2) is 9.59 Å². The van der Waals surface area contributed by atoms with Crippen molar-refractivity contribution in [3.05, 3.63) is 118 Å². The molecule has 3 aliphatic carbocycles. The summed E-state index contributed by atoms with van der Waals surface area (Å²) in [6.45, 7) is 5.36. The van der Waals surface area contributed by atoms with E-state index in [9.17, 15) is 24.6 Å². The van der Waals surface area contributed by atoms with E-state index in [1.165, 1.54) is 16.7 Å². The number of carbonyl (C=O) groups is 3. The number of rotatable bonds is 16. The van der Waals surface area contributed by atoms with E-state index >= 15 is 0 Å². The minimum atomic E-state index is -1.18. The van der Waals surface area contributed by atoms with Crippen LogP contribution in [0.5, 0.6) is 11.5 Å². The Balaban J connectivity index is 0.963. The number of carbonyl (C=O) groups excluding carboxylic acids is 1. The summed E-state index contributed by atoms with van der Waals surface area (Å²) in [6, 6.07) is 21.5. The normalized spacial score (nSPS) is 22.8. The van der Waals surface area contributed by atoms with Crippen molar-refractivity contribution in [2.75, 3.05) is 18.5 Å². The van der Waals surface area contributed by atoms with Gasteiger partial charge in [-0.15, -0.1) is 0 Å². The number of hydrogen-bond donors (Lipinski definition) is 5. The predicted molar refractivity (Wildman–Crippen MR) is 236 cm³/mol. The van der Waals surface area contributed by atoms with Crippen LogP contribution >= 0.6 is 11.6 Å². The summed E-state index contributed by atoms with van der Waals surface area (Å²) in [6.07, 6.45) is 11.4. The van der Waals surface area contributed by atoms with Gasteiger partial charge in [0, 0.05) is 51.7 Å². The van der Waals surface area contributed by atoms with E-state index in [1.807, 2.05) is 42.6 Å². The Labute approximate surface area is 361 Å². The molecule has 2 heterocycles. The lowest BCUT2D eigenvalue weighted by molar-refractivity contribution is -0.144. The third-order valence-corrected chi connectivity index (χ3v) is 13.8. The second-order valence-corrected chi connectivity index (χ2v) is 18.0. The number of aliphatic carboxylic acids is 2. The van der Waals surface area contributed by atoms with Gasteiger partial charge in [0.25, 0.3) is 0 Å². The van der Waals surface area contributed by atoms with Gasteiger partial charge in [0.15, 0.2) is 6.04 Å². The van der Waals surface area contributed by atoms with Crippen LogP contribution in [-0.2, 0) is 32.6 Å². The molecule has 12 heteroatoms. The number of pyridine rings is 1. The van der Waals surface area contributed by atoms with Gasteiger partial charge in [0.05, 0.1) is 13.2 Å². The molecule has 0 saturated heterocycles. The van der Waals surface area contributed by atoms with Crippen molar-refractivity contribution in [1.29, 1.82) is 0 Å². The summed E-state index contributed by atoms with van der Waals surface area (Å²) in [5.41, 5.74) is 5.47. The molecule has 5 aromatic rings. The Morgan fingerprint density at radius 3 is 2.61 bits per heavy atom. The van der Waals surface area contributed by atoms with Crippen molar-refractivity contribution < 1.29 is 34.1 Å². The highest BCUT2D eigenvalue weighted by atomic mass is 35.5. The van der Waals surface area contributed by atoms with Crippen LogP contribution in [0.1, 0.15) is 112 Å². The number of carboxylic acid groups (broad SMARTS) is 2. The quantitative estimate of drug-likeness (QED) is 0.0609. The van der Waals surface area contributed by atoms with Gasteiger partial charge >= 0.3 is 11.9 Å². The summed E-state index contributed by atoms with van der Waals surface area (Å²) in [5.74, 6) is 0.201. The number of anilines is 1. The van der Waals surface area contributed by atoms with E-state index in [0.717, 1.165) is 54.5 Å². The largest absolute Gasteiger partial charge is 0.494 e. The molecule has 0 bridgehead atoms. The highest BCUT2D eigenvalue weighted by Gasteiger charge is 2.54. The molecule has 5 N–H and O–H groups in total. The molecular weight excluding hydrogens is 792 g/mol. The molecule has 320 valence electrons. The fourth-order valence-electron chi connectivity index (χ4n) is 10.5. The van der Waals surface area contributed by atoms with Gasteiger partial charge in [-0.05, 0) is 153 Å². The molecule has 1 spiro atoms. The number of nitrogens with one attached hydrogen (secondary N) is 3. The fourth-order valence-corrected chi connectivity index (χ4v) is 10.6. The zero-order valence-electron chi connectivity index (χ0n) is 34.8. The average molecular weight is 847 g/mol. The SMILES string of the molecule is C[C@@H](COc1ccnc2c1[C@H](C)CCC2)C[C@H]1Cc2ccc(OCCCC(=O)NC(C(=O)O)c3cccc4[nH]ccc34)cc2C12CCC(Nc1cccc(Cl)c1)(C(=O)O)CC2. The number of ether oxygens (including phenoxy) is 2. The highest BCUT2D eigenvalue weighted by Crippen LogP contribution is 2.57. The molecule has 3 aromatic carbocycles. The predicted octanol–water partition coefficient (Wildman–Crippen LogP) is 9.78. The van der Waals surface area contributed by atoms with Crippen molar-refractivity contribution >= 4 is 46.0 Å². The summed E-state index contributed by atoms with van der Waals surface area (Å²) in [4.78, 5) is 46.1. The first-order valence-electron chi connectivity index (χ1n) is 21.7. The molecule has 0 aliphatic heterocycles. The van der Waals surface area contributed by atoms with Gasteiger partial charge in [-0.1, -0.05) is 49.7 Å². The zero-order chi connectivity index (χ0) is 42.7. The van der Waals surface area contributed by atoms with Crippen LogP contribution < -0.4 is 20.1 Å². The second-order valence-electron chi connectivity index (χ2n) is 17.6. The van der Waals surface area contributed by atoms with E-state index in [4.69, 9.17) is 21.1 Å². The number of hydrogen-bond acceptors (Lipinski definition) is 7. The third-order valence-electron chi connectivity index (χ3n) is 13.6. The Kier molecular flexibility index (Phi) is 12.3. The zero-order valence-corrected chi connectivity index (χ0v) is 35.6. The topological polar surface area (TPSA) is 163 Å². The number of aromatic nitrogens is 2. The van der Waals surface area contributed by atoms with Crippen LogP contribution in [0.25, 0.3) is 10.9 Å². The average Bonchev–Trinajstić information content (AvgIpc) is 3.84. The number of aryl methyl sites for hydroxylation is 1. The number of nitrogens with zero attached hydrogens (tertiary/aromatic N) is 1. The van der Waals surface area contributed by atoms with Gasteiger partial charge < -0.3 is 35.3 Å². The Morgan fingerprint density at radius 2 is 1.82 bits per heavy atom. The van der Waals surface area contributed by atoms with Crippen molar-refractivity contribution in [3.8, 4) is 11.5 Å². The lowest BCUT2D eigenvalue weighted by Crippen LogP contribution is -2.53. The Morgan fingerprint density at radius 1 is 1.00 bits per heavy atom. The van der Waals surface area contributed by atoms with E-state index in [1.54, 1.807) is 30.5 Å². The lowest BCUT2D eigenvalue weighted by Gasteiger charge is -2.47. The molecule has 1 amide bonds. The van der Waals surface area contributed by atoms with Crippen molar-refractivity contribution in [1.82, 2.24) is 15.3 Å². The van der Waals surface area contributed by atoms with Crippen LogP contribution in [0.2, 0.25) is 5.02 Å². The van der Waals surface area contributed by atoms with E-state index < -0.39 is 23.5 Å². The smallest absolute Gasteiger partial charge is 0.330 e. The maximum atomic E-state index is 13.1. The molecule has 2 aromatic heterocycles. The number of carboxylic acids is 2. The maximum absolute atomic E-state index is 13.1. The Bertz CT molecular complexity index is 2410. The van der Waals surface area contributed by atoms with E-state index in [-0.39, 0.29) is 36.2 Å². The second kappa shape index (κ2) is 17.8. The van der Waals surface area contributed by atoms with Crippen LogP contribution in [0.4, 0.5) is 5.69 Å². The van der Waals surface area contributed by atoms with Crippen molar-refractivity contribution in [2.24, 2.45) is 11.8 Å². The monoisotopic (exact) mass is 846 g/mol. The van der Waals surface area contributed by atoms with Crippen molar-refractivity contribution in [3.63, 3.8) is 0 Å². The molecule has 3 aliphatic rings. The maximum Gasteiger partial charge on any atom is 0.330 e. The first-order valence-corrected chi connectivity index (χ1v) is 22.0. The summed E-state index contributed by atoms with van der Waals surface area (Å²) in [5, 5.41) is 28.1. The third kappa shape index (κ3) is 8.80. The highest BCUT2D eigenvalue weighted by molar-refractivity contribution is 6.30. The number of aromatic amines is 1. The van der Waals surface area contributed by atoms with Crippen LogP contribution in [-0.4, -0.2) is 56.8 Å². The molecule has 4 atom stereocenters. The Hall–Kier alpha value is -5.55. The standard InChI is InChI=1S/C49H55ClN4O7/c1-30(29-61-42-17-23-52-41-12-3-7-31(2)44(41)42)25-33-26-32-14-15-36(60-24-6-13-43(55)53-45(46(56)57)38-10-5-11-40-37(38)16-22-51-40)28-39(32)48(33)18-20-49(21-19-48,47(58)59)54-35-9-4-8-34(50)27-35/h4-5,8-11,14-17,22-23,27-28,30-31,33,45,51,54H,3,6-7,12-13,18-21,24-26,29H2,1-2H3,(H,53,55)(H,56,57)(H,58,59)/t30-,31-,33+,45?,48?,49?/m1/s1. The van der Waals surface area contributed by atoms with Gasteiger partial charge in [0.2, 0.25) is 5.91 Å². The van der Waals surface area contributed by atoms with E-state index in [2.05, 4.69) is 46.6 Å². The molecule has 11 nitrogen and oxygen atoms in total. The number of benzene rings is 3. The van der Waals surface area contributed by atoms with Crippen LogP contribution in [0.15, 0.2) is 85.2 Å². The van der Waals surface area contributed by atoms with Crippen LogP contribution in [0.3, 0.4) is 0 Å². The first kappa shape index (κ1) is 42.2. The number of amides is 1. The number of H-pyrrole nitrogens is 1. The molecule has 8 rings (SSSR count). The minimum absolute atomic E-state index is 0.0991. The van der Waals surface area contributed by atoms with Gasteiger partial charge in [-0.2, -0.15) is 0 Å². The van der Waals surface area contributed by atoms with Gasteiger partial charge in [0.1, 0.15) is 17.0 Å².